The van der Waals surface area contributed by atoms with E-state index in [1.807, 2.05) is 0 Å². The van der Waals surface area contributed by atoms with E-state index in [4.69, 9.17) is 16.3 Å². The van der Waals surface area contributed by atoms with Crippen LogP contribution in [0.5, 0.6) is 0 Å². The zero-order valence-electron chi connectivity index (χ0n) is 11.9. The standard InChI is InChI=1S/C13H14ClF3N2O3/c1-7-5-19(6-10(22-7)12(20)21-2)11-9(14)3-8(4-18-11)13(15,16)17/h3-4,7,10H,5-6H2,1-2H3/t7-,10?/m1/s1. The molecular formula is C13H14ClF3N2O3. The van der Waals surface area contributed by atoms with Crippen molar-refractivity contribution in [3.63, 3.8) is 0 Å². The lowest BCUT2D eigenvalue weighted by atomic mass is 10.2. The average molecular weight is 339 g/mol. The van der Waals surface area contributed by atoms with Crippen LogP contribution >= 0.6 is 11.6 Å². The highest BCUT2D eigenvalue weighted by Gasteiger charge is 2.35. The van der Waals surface area contributed by atoms with E-state index in [2.05, 4.69) is 9.72 Å². The predicted molar refractivity (Wildman–Crippen MR) is 72.8 cm³/mol. The molecule has 9 heteroatoms. The quantitative estimate of drug-likeness (QED) is 0.776. The molecule has 0 amide bonds. The van der Waals surface area contributed by atoms with Gasteiger partial charge in [-0.2, -0.15) is 13.2 Å². The minimum absolute atomic E-state index is 0.106. The van der Waals surface area contributed by atoms with Crippen LogP contribution in [0.3, 0.4) is 0 Å². The van der Waals surface area contributed by atoms with Crippen molar-refractivity contribution in [3.05, 3.63) is 22.8 Å². The van der Waals surface area contributed by atoms with E-state index in [1.54, 1.807) is 11.8 Å². The number of aromatic nitrogens is 1. The second kappa shape index (κ2) is 6.29. The van der Waals surface area contributed by atoms with E-state index in [9.17, 15) is 18.0 Å². The molecule has 1 aromatic rings. The number of carbonyl (C=O) groups excluding carboxylic acids is 1. The van der Waals surface area contributed by atoms with E-state index in [-0.39, 0.29) is 23.5 Å². The van der Waals surface area contributed by atoms with Gasteiger partial charge in [0.15, 0.2) is 6.10 Å². The van der Waals surface area contributed by atoms with E-state index in [0.717, 1.165) is 6.07 Å². The van der Waals surface area contributed by atoms with Crippen LogP contribution in [0.1, 0.15) is 12.5 Å². The molecule has 0 aliphatic carbocycles. The molecule has 0 radical (unpaired) electrons. The van der Waals surface area contributed by atoms with Gasteiger partial charge in [-0.1, -0.05) is 11.6 Å². The summed E-state index contributed by atoms with van der Waals surface area (Å²) in [5.41, 5.74) is -0.924. The van der Waals surface area contributed by atoms with Crippen molar-refractivity contribution in [2.75, 3.05) is 25.1 Å². The summed E-state index contributed by atoms with van der Waals surface area (Å²) in [5, 5.41) is -0.132. The fourth-order valence-corrected chi connectivity index (χ4v) is 2.49. The van der Waals surface area contributed by atoms with Crippen molar-refractivity contribution >= 4 is 23.4 Å². The molecule has 5 nitrogen and oxygen atoms in total. The first kappa shape index (κ1) is 16.8. The van der Waals surface area contributed by atoms with Gasteiger partial charge >= 0.3 is 12.1 Å². The molecule has 1 fully saturated rings. The first-order chi connectivity index (χ1) is 10.2. The van der Waals surface area contributed by atoms with Crippen molar-refractivity contribution < 1.29 is 27.4 Å². The number of anilines is 1. The molecule has 22 heavy (non-hydrogen) atoms. The van der Waals surface area contributed by atoms with Crippen molar-refractivity contribution in [2.24, 2.45) is 0 Å². The number of pyridine rings is 1. The third-order valence-corrected chi connectivity index (χ3v) is 3.45. The smallest absolute Gasteiger partial charge is 0.417 e. The fraction of sp³-hybridized carbons (Fsp3) is 0.538. The lowest BCUT2D eigenvalue weighted by Crippen LogP contribution is -2.50. The molecule has 2 atom stereocenters. The van der Waals surface area contributed by atoms with E-state index in [0.29, 0.717) is 12.7 Å². The normalized spacial score (nSPS) is 22.5. The molecule has 2 rings (SSSR count). The number of methoxy groups -OCH3 is 1. The molecule has 1 saturated heterocycles. The maximum Gasteiger partial charge on any atom is 0.417 e. The van der Waals surface area contributed by atoms with E-state index >= 15 is 0 Å². The summed E-state index contributed by atoms with van der Waals surface area (Å²) in [5.74, 6) is -0.377. The van der Waals surface area contributed by atoms with Gasteiger partial charge in [0.05, 0.1) is 30.3 Å². The highest BCUT2D eigenvalue weighted by molar-refractivity contribution is 6.33. The first-order valence-corrected chi connectivity index (χ1v) is 6.81. The number of rotatable bonds is 2. The van der Waals surface area contributed by atoms with Gasteiger partial charge < -0.3 is 14.4 Å². The Morgan fingerprint density at radius 3 is 2.73 bits per heavy atom. The van der Waals surface area contributed by atoms with Crippen LogP contribution in [0.15, 0.2) is 12.3 Å². The third-order valence-electron chi connectivity index (χ3n) is 3.17. The number of carbonyl (C=O) groups is 1. The average Bonchev–Trinajstić information content (AvgIpc) is 2.44. The SMILES string of the molecule is COC(=O)C1CN(c2ncc(C(F)(F)F)cc2Cl)C[C@@H](C)O1. The van der Waals surface area contributed by atoms with Gasteiger partial charge in [-0.05, 0) is 13.0 Å². The molecular weight excluding hydrogens is 325 g/mol. The summed E-state index contributed by atoms with van der Waals surface area (Å²) < 4.78 is 47.9. The summed E-state index contributed by atoms with van der Waals surface area (Å²) in [6, 6.07) is 0.817. The van der Waals surface area contributed by atoms with Crippen molar-refractivity contribution in [3.8, 4) is 0 Å². The Hall–Kier alpha value is -1.54. The third kappa shape index (κ3) is 3.61. The van der Waals surface area contributed by atoms with Crippen LogP contribution in [0, 0.1) is 0 Å². The Bertz CT molecular complexity index is 568. The number of esters is 1. The molecule has 0 N–H and O–H groups in total. The van der Waals surface area contributed by atoms with Gasteiger partial charge in [0, 0.05) is 12.7 Å². The van der Waals surface area contributed by atoms with Crippen LogP contribution in [0.2, 0.25) is 5.02 Å². The number of nitrogens with zero attached hydrogens (tertiary/aromatic N) is 2. The van der Waals surface area contributed by atoms with Crippen molar-refractivity contribution in [1.82, 2.24) is 4.98 Å². The minimum Gasteiger partial charge on any atom is -0.467 e. The first-order valence-electron chi connectivity index (χ1n) is 6.43. The zero-order chi connectivity index (χ0) is 16.5. The van der Waals surface area contributed by atoms with Crippen LogP contribution in [-0.2, 0) is 20.4 Å². The molecule has 1 aliphatic heterocycles. The highest BCUT2D eigenvalue weighted by Crippen LogP contribution is 2.34. The summed E-state index contributed by atoms with van der Waals surface area (Å²) in [6.45, 7) is 2.20. The Kier molecular flexibility index (Phi) is 4.81. The Balaban J connectivity index is 2.25. The largest absolute Gasteiger partial charge is 0.467 e. The van der Waals surface area contributed by atoms with Crippen LogP contribution in [0.4, 0.5) is 19.0 Å². The molecule has 0 aromatic carbocycles. The molecule has 1 unspecified atom stereocenters. The monoisotopic (exact) mass is 338 g/mol. The summed E-state index contributed by atoms with van der Waals surface area (Å²) in [7, 11) is 1.23. The summed E-state index contributed by atoms with van der Waals surface area (Å²) >= 11 is 5.92. The van der Waals surface area contributed by atoms with Crippen LogP contribution in [0.25, 0.3) is 0 Å². The summed E-state index contributed by atoms with van der Waals surface area (Å²) in [4.78, 5) is 17.0. The predicted octanol–water partition coefficient (Wildman–Crippen LogP) is 2.52. The number of halogens is 4. The van der Waals surface area contributed by atoms with E-state index < -0.39 is 23.8 Å². The number of hydrogen-bond donors (Lipinski definition) is 0. The molecule has 122 valence electrons. The second-order valence-electron chi connectivity index (χ2n) is 4.89. The minimum atomic E-state index is -4.51. The maximum absolute atomic E-state index is 12.6. The van der Waals surface area contributed by atoms with Gasteiger partial charge in [0.25, 0.3) is 0 Å². The topological polar surface area (TPSA) is 51.7 Å². The highest BCUT2D eigenvalue weighted by atomic mass is 35.5. The van der Waals surface area contributed by atoms with Gasteiger partial charge in [-0.3, -0.25) is 0 Å². The molecule has 0 spiro atoms. The number of ether oxygens (including phenoxy) is 2. The maximum atomic E-state index is 12.6. The molecule has 1 aromatic heterocycles. The molecule has 0 bridgehead atoms. The molecule has 2 heterocycles. The van der Waals surface area contributed by atoms with E-state index in [1.165, 1.54) is 7.11 Å². The van der Waals surface area contributed by atoms with Crippen LogP contribution < -0.4 is 4.90 Å². The Morgan fingerprint density at radius 1 is 1.50 bits per heavy atom. The number of alkyl halides is 3. The lowest BCUT2D eigenvalue weighted by molar-refractivity contribution is -0.158. The van der Waals surface area contributed by atoms with Crippen LogP contribution in [-0.4, -0.2) is 43.4 Å². The zero-order valence-corrected chi connectivity index (χ0v) is 12.6. The van der Waals surface area contributed by atoms with Gasteiger partial charge in [0.1, 0.15) is 5.82 Å². The lowest BCUT2D eigenvalue weighted by Gasteiger charge is -2.36. The van der Waals surface area contributed by atoms with Gasteiger partial charge in [-0.15, -0.1) is 0 Å². The van der Waals surface area contributed by atoms with Gasteiger partial charge in [-0.25, -0.2) is 9.78 Å². The Labute approximate surface area is 130 Å². The number of hydrogen-bond acceptors (Lipinski definition) is 5. The second-order valence-corrected chi connectivity index (χ2v) is 5.30. The van der Waals surface area contributed by atoms with Crippen molar-refractivity contribution in [1.29, 1.82) is 0 Å². The number of morpholine rings is 1. The van der Waals surface area contributed by atoms with Crippen molar-refractivity contribution in [2.45, 2.75) is 25.3 Å². The fourth-order valence-electron chi connectivity index (χ4n) is 2.20. The summed E-state index contributed by atoms with van der Waals surface area (Å²) in [6.07, 6.45) is -4.96. The molecule has 0 saturated carbocycles. The molecule has 1 aliphatic rings. The Morgan fingerprint density at radius 2 is 2.18 bits per heavy atom. The van der Waals surface area contributed by atoms with Gasteiger partial charge in [0.2, 0.25) is 0 Å².